The molecule has 0 aromatic heterocycles. The second-order valence-corrected chi connectivity index (χ2v) is 4.54. The number of alkyl halides is 6. The van der Waals surface area contributed by atoms with Crippen molar-refractivity contribution >= 4 is 11.8 Å². The molecule has 0 fully saturated rings. The van der Waals surface area contributed by atoms with Crippen molar-refractivity contribution in [2.45, 2.75) is 31.2 Å². The molecule has 0 heterocycles. The number of nitrogens with zero attached hydrogens (tertiary/aromatic N) is 1. The molecule has 0 spiro atoms. The predicted molar refractivity (Wildman–Crippen MR) is 68.4 cm³/mol. The van der Waals surface area contributed by atoms with Gasteiger partial charge in [-0.2, -0.15) is 26.3 Å². The molecule has 0 aliphatic carbocycles. The van der Waals surface area contributed by atoms with E-state index in [1.165, 1.54) is 0 Å². The van der Waals surface area contributed by atoms with Crippen molar-refractivity contribution < 1.29 is 41.1 Å². The molecule has 0 saturated heterocycles. The molecule has 0 unspecified atom stereocenters. The van der Waals surface area contributed by atoms with Gasteiger partial charge in [-0.25, -0.2) is 4.79 Å². The minimum Gasteiger partial charge on any atom is -0.733 e. The standard InChI is InChI=1S/C12H11F6N2O4/c1-2-10(11(13,14)15,12(16,17)18)19-9(21)24-8-5-3-7(4-6-8)20(22)23/h3-6,22H,2H2,1H3,(H,19,21)/q-1. The van der Waals surface area contributed by atoms with Gasteiger partial charge in [0.05, 0.1) is 5.69 Å². The second-order valence-electron chi connectivity index (χ2n) is 4.54. The van der Waals surface area contributed by atoms with Crippen LogP contribution in [0.25, 0.3) is 0 Å². The van der Waals surface area contributed by atoms with E-state index in [4.69, 9.17) is 5.21 Å². The van der Waals surface area contributed by atoms with Crippen molar-refractivity contribution in [1.82, 2.24) is 5.32 Å². The van der Waals surface area contributed by atoms with Gasteiger partial charge in [-0.05, 0) is 30.7 Å². The van der Waals surface area contributed by atoms with Gasteiger partial charge in [-0.3, -0.25) is 10.5 Å². The number of benzene rings is 1. The number of rotatable bonds is 4. The number of amides is 1. The number of ether oxygens (including phenoxy) is 1. The summed E-state index contributed by atoms with van der Waals surface area (Å²) >= 11 is 0. The summed E-state index contributed by atoms with van der Waals surface area (Å²) in [5.74, 6) is -0.438. The zero-order valence-corrected chi connectivity index (χ0v) is 11.9. The molecule has 6 nitrogen and oxygen atoms in total. The van der Waals surface area contributed by atoms with Crippen LogP contribution in [-0.2, 0) is 0 Å². The van der Waals surface area contributed by atoms with E-state index in [-0.39, 0.29) is 5.69 Å². The molecular weight excluding hydrogens is 350 g/mol. The fourth-order valence-electron chi connectivity index (χ4n) is 1.74. The Kier molecular flexibility index (Phi) is 5.56. The first-order valence-corrected chi connectivity index (χ1v) is 6.23. The van der Waals surface area contributed by atoms with Crippen LogP contribution in [0.3, 0.4) is 0 Å². The van der Waals surface area contributed by atoms with Gasteiger partial charge >= 0.3 is 18.4 Å². The van der Waals surface area contributed by atoms with Crippen LogP contribution >= 0.6 is 0 Å². The highest BCUT2D eigenvalue weighted by Gasteiger charge is 2.70. The summed E-state index contributed by atoms with van der Waals surface area (Å²) in [7, 11) is 0. The Morgan fingerprint density at radius 2 is 1.62 bits per heavy atom. The van der Waals surface area contributed by atoms with Gasteiger partial charge in [0, 0.05) is 0 Å². The van der Waals surface area contributed by atoms with E-state index in [2.05, 4.69) is 4.74 Å². The molecule has 12 heteroatoms. The third-order valence-electron chi connectivity index (χ3n) is 3.08. The van der Waals surface area contributed by atoms with Crippen LogP contribution in [0.1, 0.15) is 13.3 Å². The van der Waals surface area contributed by atoms with Crippen LogP contribution < -0.4 is 15.3 Å². The van der Waals surface area contributed by atoms with Crippen LogP contribution in [0.5, 0.6) is 5.75 Å². The van der Waals surface area contributed by atoms with Crippen molar-refractivity contribution in [2.24, 2.45) is 0 Å². The fraction of sp³-hybridized carbons (Fsp3) is 0.417. The maximum atomic E-state index is 12.9. The zero-order valence-electron chi connectivity index (χ0n) is 11.9. The average molecular weight is 361 g/mol. The molecule has 0 bridgehead atoms. The lowest BCUT2D eigenvalue weighted by Crippen LogP contribution is -2.67. The first-order valence-electron chi connectivity index (χ1n) is 6.23. The SMILES string of the molecule is CCC(NC(=O)Oc1ccc(N([O-])O)cc1)(C(F)(F)F)C(F)(F)F. The lowest BCUT2D eigenvalue weighted by molar-refractivity contribution is -0.305. The zero-order chi connectivity index (χ0) is 18.8. The Hall–Kier alpha value is -2.21. The Balaban J connectivity index is 2.97. The Morgan fingerprint density at radius 1 is 1.17 bits per heavy atom. The average Bonchev–Trinajstić information content (AvgIpc) is 2.42. The van der Waals surface area contributed by atoms with Gasteiger partial charge < -0.3 is 15.2 Å². The number of carbonyl (C=O) groups is 1. The number of carbonyl (C=O) groups excluding carboxylic acids is 1. The molecule has 0 aliphatic rings. The summed E-state index contributed by atoms with van der Waals surface area (Å²) in [6, 6.07) is 3.64. The summed E-state index contributed by atoms with van der Waals surface area (Å²) in [6.07, 6.45) is -15.1. The number of anilines is 1. The molecule has 1 aromatic carbocycles. The number of halogens is 6. The van der Waals surface area contributed by atoms with Crippen LogP contribution in [0.4, 0.5) is 36.8 Å². The molecule has 2 N–H and O–H groups in total. The van der Waals surface area contributed by atoms with Gasteiger partial charge in [0.25, 0.3) is 0 Å². The molecule has 0 radical (unpaired) electrons. The number of hydrogen-bond donors (Lipinski definition) is 2. The molecule has 0 atom stereocenters. The lowest BCUT2D eigenvalue weighted by Gasteiger charge is -2.36. The summed E-state index contributed by atoms with van der Waals surface area (Å²) in [5, 5.41) is 19.4. The van der Waals surface area contributed by atoms with Crippen LogP contribution in [-0.4, -0.2) is 29.2 Å². The van der Waals surface area contributed by atoms with E-state index >= 15 is 0 Å². The van der Waals surface area contributed by atoms with Crippen LogP contribution in [0, 0.1) is 5.21 Å². The van der Waals surface area contributed by atoms with E-state index in [1.54, 1.807) is 0 Å². The van der Waals surface area contributed by atoms with E-state index in [0.717, 1.165) is 29.6 Å². The van der Waals surface area contributed by atoms with E-state index in [0.29, 0.717) is 6.92 Å². The molecular formula is C12H11F6N2O4-. The first kappa shape index (κ1) is 19.8. The van der Waals surface area contributed by atoms with E-state index in [1.807, 2.05) is 0 Å². The predicted octanol–water partition coefficient (Wildman–Crippen LogP) is 3.74. The van der Waals surface area contributed by atoms with E-state index in [9.17, 15) is 36.3 Å². The maximum Gasteiger partial charge on any atom is 0.420 e. The third-order valence-corrected chi connectivity index (χ3v) is 3.08. The van der Waals surface area contributed by atoms with Gasteiger partial charge in [0.2, 0.25) is 5.54 Å². The summed E-state index contributed by atoms with van der Waals surface area (Å²) in [6.45, 7) is 0.611. The highest BCUT2D eigenvalue weighted by Crippen LogP contribution is 2.45. The van der Waals surface area contributed by atoms with Gasteiger partial charge in [0.1, 0.15) is 5.75 Å². The smallest absolute Gasteiger partial charge is 0.420 e. The first-order chi connectivity index (χ1) is 10.8. The monoisotopic (exact) mass is 361 g/mol. The minimum atomic E-state index is -5.80. The van der Waals surface area contributed by atoms with Crippen LogP contribution in [0.15, 0.2) is 24.3 Å². The van der Waals surface area contributed by atoms with Crippen molar-refractivity contribution in [3.05, 3.63) is 29.5 Å². The molecule has 1 amide bonds. The normalized spacial score (nSPS) is 12.7. The highest BCUT2D eigenvalue weighted by atomic mass is 19.4. The maximum absolute atomic E-state index is 12.9. The van der Waals surface area contributed by atoms with Crippen molar-refractivity contribution in [3.63, 3.8) is 0 Å². The van der Waals surface area contributed by atoms with Crippen molar-refractivity contribution in [2.75, 3.05) is 5.23 Å². The summed E-state index contributed by atoms with van der Waals surface area (Å²) in [4.78, 5) is 11.4. The number of hydrogen-bond acceptors (Lipinski definition) is 5. The Morgan fingerprint density at radius 3 is 1.96 bits per heavy atom. The second kappa shape index (κ2) is 6.73. The minimum absolute atomic E-state index is 0.295. The topological polar surface area (TPSA) is 84.9 Å². The van der Waals surface area contributed by atoms with Gasteiger partial charge in [0.15, 0.2) is 0 Å². The van der Waals surface area contributed by atoms with Crippen molar-refractivity contribution in [1.29, 1.82) is 0 Å². The molecule has 1 aromatic rings. The largest absolute Gasteiger partial charge is 0.733 e. The molecule has 24 heavy (non-hydrogen) atoms. The lowest BCUT2D eigenvalue weighted by atomic mass is 9.94. The summed E-state index contributed by atoms with van der Waals surface area (Å²) < 4.78 is 81.5. The Bertz CT molecular complexity index is 556. The van der Waals surface area contributed by atoms with Gasteiger partial charge in [-0.1, -0.05) is 6.92 Å². The van der Waals surface area contributed by atoms with Crippen molar-refractivity contribution in [3.8, 4) is 5.75 Å². The highest BCUT2D eigenvalue weighted by molar-refractivity contribution is 5.72. The molecule has 1 rings (SSSR count). The third kappa shape index (κ3) is 4.00. The molecule has 136 valence electrons. The van der Waals surface area contributed by atoms with Crippen LogP contribution in [0.2, 0.25) is 0 Å². The fourth-order valence-corrected chi connectivity index (χ4v) is 1.74. The van der Waals surface area contributed by atoms with Gasteiger partial charge in [-0.15, -0.1) is 0 Å². The molecule has 0 aliphatic heterocycles. The Labute approximate surface area is 131 Å². The number of nitrogens with one attached hydrogen (secondary N) is 1. The quantitative estimate of drug-likeness (QED) is 0.630. The molecule has 0 saturated carbocycles. The summed E-state index contributed by atoms with van der Waals surface area (Å²) in [5.41, 5.74) is -4.76. The van der Waals surface area contributed by atoms with E-state index < -0.39 is 41.4 Å².